The fourth-order valence-electron chi connectivity index (χ4n) is 3.09. The van der Waals surface area contributed by atoms with Gasteiger partial charge in [-0.05, 0) is 49.7 Å². The summed E-state index contributed by atoms with van der Waals surface area (Å²) in [6.45, 7) is 6.39. The van der Waals surface area contributed by atoms with E-state index in [2.05, 4.69) is 58.6 Å². The van der Waals surface area contributed by atoms with E-state index in [4.69, 9.17) is 16.3 Å². The van der Waals surface area contributed by atoms with E-state index in [0.29, 0.717) is 0 Å². The van der Waals surface area contributed by atoms with Gasteiger partial charge in [-0.15, -0.1) is 0 Å². The van der Waals surface area contributed by atoms with E-state index in [-0.39, 0.29) is 6.10 Å². The minimum Gasteiger partial charge on any atom is -0.479 e. The quantitative estimate of drug-likeness (QED) is 0.419. The molecule has 0 N–H and O–H groups in total. The molecule has 6 heteroatoms. The molecule has 0 bridgehead atoms. The monoisotopic (exact) mass is 466 g/mol. The van der Waals surface area contributed by atoms with E-state index in [1.807, 2.05) is 40.9 Å². The minimum absolute atomic E-state index is 0.0858. The van der Waals surface area contributed by atoms with Gasteiger partial charge in [-0.3, -0.25) is 0 Å². The van der Waals surface area contributed by atoms with Gasteiger partial charge >= 0.3 is 3.98 Å². The second kappa shape index (κ2) is 7.47. The van der Waals surface area contributed by atoms with Crippen molar-refractivity contribution in [2.24, 2.45) is 0 Å². The molecule has 1 aromatic heterocycles. The molecule has 26 heavy (non-hydrogen) atoms. The molecule has 0 radical (unpaired) electrons. The molecule has 0 fully saturated rings. The topological polar surface area (TPSA) is 12.2 Å². The third-order valence-electron chi connectivity index (χ3n) is 4.47. The summed E-state index contributed by atoms with van der Waals surface area (Å²) in [6, 6.07) is 14.3. The van der Waals surface area contributed by atoms with Gasteiger partial charge in [-0.25, -0.2) is 4.58 Å². The lowest BCUT2D eigenvalue weighted by Crippen LogP contribution is -2.25. The Hall–Kier alpha value is -1.14. The smallest absolute Gasteiger partial charge is 0.314 e. The van der Waals surface area contributed by atoms with Crippen molar-refractivity contribution in [2.45, 2.75) is 20.0 Å². The fourth-order valence-corrected chi connectivity index (χ4v) is 6.57. The SMILES string of the molecule is CC[N+](CC)=c1sc2c(s1)C(c1ccc(Br)cc1)Oc1ccc(Cl)cc1-2. The van der Waals surface area contributed by atoms with Crippen LogP contribution >= 0.6 is 50.2 Å². The molecule has 1 unspecified atom stereocenters. The average Bonchev–Trinajstić information content (AvgIpc) is 3.08. The van der Waals surface area contributed by atoms with E-state index in [9.17, 15) is 0 Å². The number of fused-ring (bicyclic) bond motifs is 3. The maximum absolute atomic E-state index is 6.42. The number of hydrogen-bond acceptors (Lipinski definition) is 3. The molecule has 0 aliphatic carbocycles. The lowest BCUT2D eigenvalue weighted by molar-refractivity contribution is 0.248. The van der Waals surface area contributed by atoms with Crippen molar-refractivity contribution in [1.29, 1.82) is 0 Å². The molecule has 0 saturated heterocycles. The number of halogens is 2. The average molecular weight is 468 g/mol. The van der Waals surface area contributed by atoms with Crippen LogP contribution in [-0.4, -0.2) is 13.1 Å². The van der Waals surface area contributed by atoms with Crippen LogP contribution in [0.4, 0.5) is 0 Å². The van der Waals surface area contributed by atoms with Crippen LogP contribution in [0.25, 0.3) is 10.4 Å². The molecule has 1 aliphatic heterocycles. The normalized spacial score (nSPS) is 15.2. The van der Waals surface area contributed by atoms with Crippen LogP contribution in [0.1, 0.15) is 30.4 Å². The van der Waals surface area contributed by atoms with E-state index in [1.54, 1.807) is 0 Å². The van der Waals surface area contributed by atoms with Crippen molar-refractivity contribution in [3.8, 4) is 16.2 Å². The molecule has 0 spiro atoms. The van der Waals surface area contributed by atoms with E-state index in [1.165, 1.54) is 13.7 Å². The first-order valence-electron chi connectivity index (χ1n) is 8.54. The van der Waals surface area contributed by atoms with Crippen molar-refractivity contribution in [1.82, 2.24) is 4.58 Å². The van der Waals surface area contributed by atoms with E-state index < -0.39 is 0 Å². The lowest BCUT2D eigenvalue weighted by atomic mass is 10.0. The summed E-state index contributed by atoms with van der Waals surface area (Å²) >= 11 is 13.5. The molecule has 1 atom stereocenters. The highest BCUT2D eigenvalue weighted by Gasteiger charge is 2.31. The van der Waals surface area contributed by atoms with Gasteiger partial charge in [0.05, 0.1) is 9.75 Å². The van der Waals surface area contributed by atoms with Crippen LogP contribution in [0.2, 0.25) is 5.02 Å². The van der Waals surface area contributed by atoms with Gasteiger partial charge in [0.15, 0.2) is 6.10 Å². The highest BCUT2D eigenvalue weighted by molar-refractivity contribution is 9.10. The molecule has 0 saturated carbocycles. The number of benzene rings is 2. The second-order valence-corrected chi connectivity index (χ2v) is 9.67. The molecule has 1 aliphatic rings. The van der Waals surface area contributed by atoms with E-state index >= 15 is 0 Å². The predicted molar refractivity (Wildman–Crippen MR) is 116 cm³/mol. The Kier molecular flexibility index (Phi) is 5.24. The van der Waals surface area contributed by atoms with Crippen LogP contribution in [0.3, 0.4) is 0 Å². The first kappa shape index (κ1) is 18.2. The summed E-state index contributed by atoms with van der Waals surface area (Å²) in [7, 11) is 0. The number of nitrogens with zero attached hydrogens (tertiary/aromatic N) is 1. The summed E-state index contributed by atoms with van der Waals surface area (Å²) in [4.78, 5) is 2.53. The van der Waals surface area contributed by atoms with Gasteiger partial charge in [-0.2, -0.15) is 0 Å². The summed E-state index contributed by atoms with van der Waals surface area (Å²) < 4.78 is 11.2. The minimum atomic E-state index is -0.0858. The van der Waals surface area contributed by atoms with Gasteiger partial charge in [0.1, 0.15) is 18.8 Å². The first-order chi connectivity index (χ1) is 12.6. The summed E-state index contributed by atoms with van der Waals surface area (Å²) in [5.41, 5.74) is 2.26. The summed E-state index contributed by atoms with van der Waals surface area (Å²) in [5.74, 6) is 0.898. The van der Waals surface area contributed by atoms with E-state index in [0.717, 1.165) is 39.5 Å². The van der Waals surface area contributed by atoms with Crippen molar-refractivity contribution in [3.63, 3.8) is 0 Å². The third kappa shape index (κ3) is 3.26. The van der Waals surface area contributed by atoms with Crippen LogP contribution in [0, 0.1) is 0 Å². The highest BCUT2D eigenvalue weighted by atomic mass is 79.9. The predicted octanol–water partition coefficient (Wildman–Crippen LogP) is 6.19. The van der Waals surface area contributed by atoms with Crippen molar-refractivity contribution in [2.75, 3.05) is 13.1 Å². The van der Waals surface area contributed by atoms with Gasteiger partial charge in [0.2, 0.25) is 0 Å². The zero-order valence-electron chi connectivity index (χ0n) is 14.5. The fraction of sp³-hybridized carbons (Fsp3) is 0.250. The zero-order chi connectivity index (χ0) is 18.3. The molecule has 0 amide bonds. The van der Waals surface area contributed by atoms with Gasteiger partial charge in [0, 0.05) is 15.1 Å². The van der Waals surface area contributed by atoms with Gasteiger partial charge in [0.25, 0.3) is 0 Å². The van der Waals surface area contributed by atoms with Crippen LogP contribution in [0.15, 0.2) is 46.9 Å². The Labute approximate surface area is 174 Å². The molecular weight excluding hydrogens is 450 g/mol. The molecule has 2 aromatic carbocycles. The Morgan fingerprint density at radius 2 is 1.81 bits per heavy atom. The molecular formula is C20H18BrClNOS2+. The Morgan fingerprint density at radius 3 is 2.50 bits per heavy atom. The lowest BCUT2D eigenvalue weighted by Gasteiger charge is -2.26. The molecule has 3 aromatic rings. The van der Waals surface area contributed by atoms with Gasteiger partial charge < -0.3 is 4.74 Å². The van der Waals surface area contributed by atoms with Crippen molar-refractivity contribution in [3.05, 3.63) is 66.4 Å². The zero-order valence-corrected chi connectivity index (χ0v) is 18.4. The maximum Gasteiger partial charge on any atom is 0.314 e. The largest absolute Gasteiger partial charge is 0.479 e. The summed E-state index contributed by atoms with van der Waals surface area (Å²) in [5, 5.41) is 0.739. The molecule has 4 rings (SSSR count). The molecule has 2 nitrogen and oxygen atoms in total. The Bertz CT molecular complexity index is 1020. The van der Waals surface area contributed by atoms with Gasteiger partial charge in [-0.1, -0.05) is 62.3 Å². The van der Waals surface area contributed by atoms with Crippen LogP contribution in [0.5, 0.6) is 5.75 Å². The maximum atomic E-state index is 6.42. The summed E-state index contributed by atoms with van der Waals surface area (Å²) in [6.07, 6.45) is -0.0858. The molecule has 134 valence electrons. The van der Waals surface area contributed by atoms with Crippen LogP contribution < -0.4 is 13.3 Å². The number of ether oxygens (including phenoxy) is 1. The number of rotatable bonds is 3. The highest BCUT2D eigenvalue weighted by Crippen LogP contribution is 2.48. The first-order valence-corrected chi connectivity index (χ1v) is 11.3. The molecule has 2 heterocycles. The van der Waals surface area contributed by atoms with Crippen molar-refractivity contribution >= 4 is 50.2 Å². The Morgan fingerprint density at radius 1 is 1.08 bits per heavy atom. The third-order valence-corrected chi connectivity index (χ3v) is 8.01. The Balaban J connectivity index is 1.95. The van der Waals surface area contributed by atoms with Crippen molar-refractivity contribution < 1.29 is 4.74 Å². The number of hydrogen-bond donors (Lipinski definition) is 0. The second-order valence-electron chi connectivity index (χ2n) is 6.03. The van der Waals surface area contributed by atoms with Crippen LogP contribution in [-0.2, 0) is 0 Å². The standard InChI is InChI=1S/C20H18BrClNOS2/c1-3-23(4-2)20-25-18-15-11-14(22)9-10-16(15)24-17(19(18)26-20)12-5-7-13(21)8-6-12/h5-11,17H,3-4H2,1-2H3/q+1.